The summed E-state index contributed by atoms with van der Waals surface area (Å²) in [5, 5.41) is 128. The number of hydrogen-bond acceptors (Lipinski definition) is 28. The number of nitrogens with two attached hydrogens (primary N) is 1. The molecule has 0 unspecified atom stereocenters. The molecule has 1 aromatic carbocycles. The smallest absolute Gasteiger partial charge is 0.322 e. The maximum Gasteiger partial charge on any atom is 0.322 e. The first-order valence-corrected chi connectivity index (χ1v) is 47.4. The predicted molar refractivity (Wildman–Crippen MR) is 506 cm³/mol. The van der Waals surface area contributed by atoms with Crippen LogP contribution < -0.4 is 112 Å². The van der Waals surface area contributed by atoms with E-state index in [-0.39, 0.29) is 94.4 Å². The maximum atomic E-state index is 14.8. The van der Waals surface area contributed by atoms with Crippen LogP contribution in [0.3, 0.4) is 0 Å². The Labute approximate surface area is 818 Å². The van der Waals surface area contributed by atoms with E-state index in [1.54, 1.807) is 62.3 Å². The number of nitrogens with zero attached hydrogens (tertiary/aromatic N) is 1. The molecule has 2 aliphatic heterocycles. The molecule has 2 saturated heterocycles. The van der Waals surface area contributed by atoms with Crippen LogP contribution in [0, 0.1) is 40.9 Å². The third kappa shape index (κ3) is 42.5. The Morgan fingerprint density at radius 3 is 1.31 bits per heavy atom. The number of guanidine groups is 1. The third-order valence-electron chi connectivity index (χ3n) is 23.2. The van der Waals surface area contributed by atoms with Crippen LogP contribution in [-0.4, -0.2) is 338 Å². The fraction of sp³-hybridized carbons (Fsp3) is 0.689. The number of phenolic OH excluding ortho intramolecular Hbond substituents is 1. The van der Waals surface area contributed by atoms with Crippen molar-refractivity contribution in [3.63, 3.8) is 0 Å². The Morgan fingerprint density at radius 1 is 0.418 bits per heavy atom. The Bertz CT molecular complexity index is 4460. The summed E-state index contributed by atoms with van der Waals surface area (Å²) in [5.74, 6) is -25.0. The highest BCUT2D eigenvalue weighted by Crippen LogP contribution is 2.24. The SMILES string of the molecule is CC[C@H](C)[C@H](NC(=O)[C@H](Cc1ccc(O)cc1)NC(=O)[C@H](CO)NC(=O)[C@H](CC(C)C)NC(=O)[C@@H]1CCCN1C(=O)[C@@H](NC(=O)[C@H](CC(C)C)NC(=O)[C@H](CC(=O)O)NC(=O)CNC(=O)[C@H](CO)NC(=O)[C@H](C)NC(=O)[C@@H](NC(=O)[C@@H](NC(=O)[C@@H](NC(=O)CNC(=O)[C@H](CCCNC(=N)N)NC(=O)[C@H](CC(C)C)NC(=O)[C@@H]1CCCN1)[C@@H](C)O)[C@@H](C)CC)[C@@H](C)O)C(C)C)C(=O)N[C@@H](C)C(=O)NCC(=O)O. The van der Waals surface area contributed by atoms with E-state index in [0.717, 1.165) is 27.2 Å². The number of aliphatic hydroxyl groups is 4. The topological polar surface area (TPSA) is 794 Å². The molecule has 2 fully saturated rings. The van der Waals surface area contributed by atoms with Crippen molar-refractivity contribution in [1.29, 1.82) is 5.41 Å². The van der Waals surface area contributed by atoms with Gasteiger partial charge in [-0.2, -0.15) is 0 Å². The van der Waals surface area contributed by atoms with Crippen LogP contribution >= 0.6 is 0 Å². The number of carboxylic acids is 2. The van der Waals surface area contributed by atoms with Gasteiger partial charge in [-0.3, -0.25) is 106 Å². The largest absolute Gasteiger partial charge is 0.508 e. The van der Waals surface area contributed by atoms with Gasteiger partial charge in [0.1, 0.15) is 109 Å². The lowest BCUT2D eigenvalue weighted by Crippen LogP contribution is -2.63. The average molecular weight is 2000 g/mol. The lowest BCUT2D eigenvalue weighted by molar-refractivity contribution is -0.144. The van der Waals surface area contributed by atoms with Gasteiger partial charge in [0.05, 0.1) is 51.0 Å². The first kappa shape index (κ1) is 122. The maximum absolute atomic E-state index is 14.8. The first-order valence-electron chi connectivity index (χ1n) is 47.4. The van der Waals surface area contributed by atoms with E-state index in [9.17, 15) is 131 Å². The van der Waals surface area contributed by atoms with E-state index in [2.05, 4.69) is 106 Å². The van der Waals surface area contributed by atoms with Crippen molar-refractivity contribution >= 4 is 130 Å². The number of phenols is 1. The number of rotatable bonds is 61. The number of carboxylic acid groups (broad SMARTS) is 2. The van der Waals surface area contributed by atoms with Crippen molar-refractivity contribution in [2.24, 2.45) is 41.2 Å². The van der Waals surface area contributed by atoms with Crippen LogP contribution in [0.5, 0.6) is 5.75 Å². The number of benzene rings is 1. The normalized spacial score (nSPS) is 17.5. The summed E-state index contributed by atoms with van der Waals surface area (Å²) in [6.07, 6.45) is -2.62. The van der Waals surface area contributed by atoms with Gasteiger partial charge in [-0.05, 0) is 145 Å². The number of hydrogen-bond donors (Lipinski definition) is 29. The third-order valence-corrected chi connectivity index (χ3v) is 23.2. The molecule has 0 aromatic heterocycles. The van der Waals surface area contributed by atoms with Crippen LogP contribution in [0.2, 0.25) is 0 Å². The lowest BCUT2D eigenvalue weighted by atomic mass is 9.96. The van der Waals surface area contributed by atoms with Gasteiger partial charge >= 0.3 is 11.9 Å². The minimum atomic E-state index is -1.97. The average Bonchev–Trinajstić information content (AvgIpc) is 1.81. The van der Waals surface area contributed by atoms with Crippen LogP contribution in [0.4, 0.5) is 0 Å². The molecular weight excluding hydrogens is 1850 g/mol. The summed E-state index contributed by atoms with van der Waals surface area (Å²) >= 11 is 0. The number of amides is 19. The summed E-state index contributed by atoms with van der Waals surface area (Å²) in [5.41, 5.74) is 5.80. The number of likely N-dealkylation sites (tertiary alicyclic amines) is 1. The van der Waals surface area contributed by atoms with E-state index >= 15 is 0 Å². The standard InChI is InChI=1S/C90H149N23O28/c1-17-46(11)69(85(137)98-48(13)73(125)97-39-67(123)124)110-82(134)59(35-52-25-27-53(118)28-26-52)104-83(135)62(41-115)107-79(131)57(33-43(5)6)105-84(136)63-24-21-31-113(63)89(141)68(45(9)10)109-81(133)58(34-44(7)8)103-80(132)60(36-66(121)122)100-64(119)37-96-76(128)61(40-114)106-74(126)49(14)99-87(139)72(51(16)117)112-86(138)70(47(12)18-2)111-88(140)71(50(15)116)108-65(120)38-95-75(127)55(23-20-30-94-90(91)92)101-78(130)56(32-42(3)4)102-77(129)54-22-19-29-93-54/h25-28,42-51,54-63,68-72,93,114-118H,17-24,29-41H2,1-16H3,(H,95,127)(H,96,128)(H,97,125)(H,98,137)(H,99,139)(H,100,119)(H,101,130)(H,102,129)(H,103,132)(H,104,135)(H,105,136)(H,106,126)(H,107,131)(H,108,120)(H,109,133)(H,110,134)(H,111,140)(H,112,138)(H,121,122)(H,123,124)(H4,91,92,94)/t46-,47-,48-,49-,50+,51+,54-,55-,56-,57-,58-,59-,60-,61-,62-,63-,68-,69-,70-,71-,72-/m0/s1. The number of aromatic hydroxyl groups is 1. The fourth-order valence-electron chi connectivity index (χ4n) is 14.9. The zero-order chi connectivity index (χ0) is 107. The Morgan fingerprint density at radius 2 is 0.823 bits per heavy atom. The highest BCUT2D eigenvalue weighted by atomic mass is 16.4. The molecule has 30 N–H and O–H groups in total. The molecule has 0 radical (unpaired) electrons. The molecule has 0 aliphatic carbocycles. The minimum Gasteiger partial charge on any atom is -0.508 e. The summed E-state index contributed by atoms with van der Waals surface area (Å²) < 4.78 is 0. The van der Waals surface area contributed by atoms with Crippen LogP contribution in [-0.2, 0) is 107 Å². The molecule has 3 rings (SSSR count). The molecule has 1 aromatic rings. The molecule has 0 bridgehead atoms. The van der Waals surface area contributed by atoms with Crippen molar-refractivity contribution in [2.45, 2.75) is 309 Å². The molecule has 19 amide bonds. The summed E-state index contributed by atoms with van der Waals surface area (Å²) in [6.45, 7) is 20.5. The van der Waals surface area contributed by atoms with E-state index in [4.69, 9.17) is 16.2 Å². The Hall–Kier alpha value is -13.0. The van der Waals surface area contributed by atoms with Crippen molar-refractivity contribution in [1.82, 2.24) is 111 Å². The quantitative estimate of drug-likeness (QED) is 0.0164. The molecule has 141 heavy (non-hydrogen) atoms. The monoisotopic (exact) mass is 2000 g/mol. The van der Waals surface area contributed by atoms with Gasteiger partial charge in [0.25, 0.3) is 0 Å². The van der Waals surface area contributed by atoms with Crippen LogP contribution in [0.15, 0.2) is 24.3 Å². The highest BCUT2D eigenvalue weighted by molar-refractivity contribution is 6.02. The highest BCUT2D eigenvalue weighted by Gasteiger charge is 2.44. The molecule has 792 valence electrons. The molecule has 0 spiro atoms. The van der Waals surface area contributed by atoms with Crippen molar-refractivity contribution in [2.75, 3.05) is 52.5 Å². The van der Waals surface area contributed by atoms with Gasteiger partial charge in [-0.25, -0.2) is 0 Å². The molecule has 51 heteroatoms. The molecule has 51 nitrogen and oxygen atoms in total. The van der Waals surface area contributed by atoms with Crippen molar-refractivity contribution in [3.8, 4) is 5.75 Å². The van der Waals surface area contributed by atoms with Gasteiger partial charge < -0.3 is 153 Å². The lowest BCUT2D eigenvalue weighted by Gasteiger charge is -2.33. The van der Waals surface area contributed by atoms with E-state index in [1.165, 1.54) is 43.0 Å². The number of carbonyl (C=O) groups excluding carboxylic acids is 19. The second-order valence-electron chi connectivity index (χ2n) is 37.1. The zero-order valence-corrected chi connectivity index (χ0v) is 82.8. The van der Waals surface area contributed by atoms with Gasteiger partial charge in [0.2, 0.25) is 112 Å². The van der Waals surface area contributed by atoms with Gasteiger partial charge in [-0.15, -0.1) is 0 Å². The number of aliphatic carboxylic acids is 2. The molecule has 2 aliphatic rings. The zero-order valence-electron chi connectivity index (χ0n) is 82.8. The summed E-state index contributed by atoms with van der Waals surface area (Å²) in [6, 6.07) is -19.8. The van der Waals surface area contributed by atoms with Crippen LogP contribution in [0.25, 0.3) is 0 Å². The molecule has 0 saturated carbocycles. The molecule has 21 atom stereocenters. The van der Waals surface area contributed by atoms with E-state index in [0.29, 0.717) is 24.9 Å². The number of aliphatic hydroxyl groups excluding tert-OH is 4. The van der Waals surface area contributed by atoms with Crippen molar-refractivity contribution < 1.29 is 136 Å². The van der Waals surface area contributed by atoms with Gasteiger partial charge in [-0.1, -0.05) is 108 Å². The molecular formula is C90H149N23O28. The molecule has 2 heterocycles. The van der Waals surface area contributed by atoms with E-state index < -0.39 is 302 Å². The number of carbonyl (C=O) groups is 21. The van der Waals surface area contributed by atoms with Crippen molar-refractivity contribution in [3.05, 3.63) is 29.8 Å². The van der Waals surface area contributed by atoms with Gasteiger partial charge in [0, 0.05) is 19.5 Å². The number of nitrogens with one attached hydrogen (secondary N) is 21. The second kappa shape index (κ2) is 60.8. The Kier molecular flexibility index (Phi) is 52.7. The van der Waals surface area contributed by atoms with E-state index in [1.807, 2.05) is 13.8 Å². The fourth-order valence-corrected chi connectivity index (χ4v) is 14.9. The van der Waals surface area contributed by atoms with Gasteiger partial charge in [0.15, 0.2) is 5.96 Å². The summed E-state index contributed by atoms with van der Waals surface area (Å²) in [4.78, 5) is 288. The Balaban J connectivity index is 1.72. The predicted octanol–water partition coefficient (Wildman–Crippen LogP) is -8.21. The minimum absolute atomic E-state index is 0.0397. The summed E-state index contributed by atoms with van der Waals surface area (Å²) in [7, 11) is 0. The first-order chi connectivity index (χ1) is 66.1. The van der Waals surface area contributed by atoms with Crippen LogP contribution in [0.1, 0.15) is 193 Å². The second-order valence-corrected chi connectivity index (χ2v) is 37.1.